The Labute approximate surface area is 135 Å². The van der Waals surface area contributed by atoms with Crippen LogP contribution in [0.5, 0.6) is 0 Å². The fraction of sp³-hybridized carbons (Fsp3) is 0.467. The van der Waals surface area contributed by atoms with Crippen LogP contribution in [0.2, 0.25) is 0 Å². The minimum atomic E-state index is -4.92. The number of hydrogen-bond donors (Lipinski definition) is 1. The van der Waals surface area contributed by atoms with Gasteiger partial charge >= 0.3 is 6.18 Å². The second-order valence-electron chi connectivity index (χ2n) is 6.16. The molecule has 1 aliphatic rings. The van der Waals surface area contributed by atoms with Crippen molar-refractivity contribution in [2.45, 2.75) is 44.3 Å². The summed E-state index contributed by atoms with van der Waals surface area (Å²) in [6, 6.07) is 2.52. The fourth-order valence-electron chi connectivity index (χ4n) is 2.79. The van der Waals surface area contributed by atoms with E-state index in [2.05, 4.69) is 5.32 Å². The molecule has 0 aliphatic carbocycles. The van der Waals surface area contributed by atoms with E-state index in [0.29, 0.717) is 6.07 Å². The number of benzene rings is 1. The smallest absolute Gasteiger partial charge is 0.344 e. The SMILES string of the molecule is CC1(C)NC(=O)CCC(c2ccc([N+](=O)[O-])c(C(F)(F)F)c2)C1=O. The Morgan fingerprint density at radius 3 is 2.46 bits per heavy atom. The van der Waals surface area contributed by atoms with Gasteiger partial charge in [0.1, 0.15) is 5.56 Å². The molecule has 1 aliphatic heterocycles. The normalized spacial score (nSPS) is 21.1. The molecule has 0 saturated carbocycles. The van der Waals surface area contributed by atoms with Crippen LogP contribution in [0.4, 0.5) is 18.9 Å². The summed E-state index contributed by atoms with van der Waals surface area (Å²) in [5.74, 6) is -1.75. The Bertz CT molecular complexity index is 713. The van der Waals surface area contributed by atoms with Crippen molar-refractivity contribution in [3.05, 3.63) is 39.4 Å². The lowest BCUT2D eigenvalue weighted by molar-refractivity contribution is -0.388. The maximum atomic E-state index is 13.1. The number of nitro groups is 1. The molecule has 1 heterocycles. The van der Waals surface area contributed by atoms with Crippen LogP contribution in [0.1, 0.15) is 43.7 Å². The Hall–Kier alpha value is -2.45. The van der Waals surface area contributed by atoms with Gasteiger partial charge in [-0.05, 0) is 31.9 Å². The number of nitrogens with one attached hydrogen (secondary N) is 1. The Morgan fingerprint density at radius 1 is 1.29 bits per heavy atom. The van der Waals surface area contributed by atoms with Crippen LogP contribution in [0.15, 0.2) is 18.2 Å². The van der Waals surface area contributed by atoms with E-state index in [0.717, 1.165) is 12.1 Å². The van der Waals surface area contributed by atoms with Crippen LogP contribution in [0, 0.1) is 10.1 Å². The van der Waals surface area contributed by atoms with Crippen molar-refractivity contribution in [3.8, 4) is 0 Å². The number of halogens is 3. The highest BCUT2D eigenvalue weighted by Gasteiger charge is 2.42. The number of amides is 1. The van der Waals surface area contributed by atoms with Gasteiger partial charge < -0.3 is 5.32 Å². The molecule has 130 valence electrons. The molecule has 1 amide bonds. The van der Waals surface area contributed by atoms with E-state index in [1.807, 2.05) is 0 Å². The first-order valence-corrected chi connectivity index (χ1v) is 7.14. The van der Waals surface area contributed by atoms with Crippen LogP contribution < -0.4 is 5.32 Å². The van der Waals surface area contributed by atoms with Crippen LogP contribution in [-0.2, 0) is 15.8 Å². The van der Waals surface area contributed by atoms with Crippen LogP contribution >= 0.6 is 0 Å². The average Bonchev–Trinajstić information content (AvgIpc) is 2.54. The standard InChI is InChI=1S/C15H15F3N2O4/c1-14(2)13(22)9(4-6-12(21)19-14)8-3-5-11(20(23)24)10(7-8)15(16,17)18/h3,5,7,9H,4,6H2,1-2H3,(H,19,21). The Morgan fingerprint density at radius 2 is 1.92 bits per heavy atom. The zero-order valence-corrected chi connectivity index (χ0v) is 12.9. The first-order valence-electron chi connectivity index (χ1n) is 7.14. The Kier molecular flexibility index (Phi) is 4.38. The van der Waals surface area contributed by atoms with Gasteiger partial charge in [-0.3, -0.25) is 19.7 Å². The number of carbonyl (C=O) groups excluding carboxylic acids is 2. The van der Waals surface area contributed by atoms with Gasteiger partial charge in [-0.2, -0.15) is 13.2 Å². The van der Waals surface area contributed by atoms with Gasteiger partial charge in [0.05, 0.1) is 10.5 Å². The summed E-state index contributed by atoms with van der Waals surface area (Å²) < 4.78 is 39.3. The van der Waals surface area contributed by atoms with Gasteiger partial charge in [-0.15, -0.1) is 0 Å². The average molecular weight is 344 g/mol. The van der Waals surface area contributed by atoms with Crippen molar-refractivity contribution in [1.29, 1.82) is 0 Å². The predicted molar refractivity (Wildman–Crippen MR) is 77.3 cm³/mol. The lowest BCUT2D eigenvalue weighted by Gasteiger charge is -2.26. The maximum Gasteiger partial charge on any atom is 0.423 e. The first kappa shape index (κ1) is 17.9. The molecule has 0 spiro atoms. The summed E-state index contributed by atoms with van der Waals surface area (Å²) in [5.41, 5.74) is -3.68. The van der Waals surface area contributed by atoms with Crippen LogP contribution in [0.25, 0.3) is 0 Å². The van der Waals surface area contributed by atoms with Gasteiger partial charge in [0.15, 0.2) is 5.78 Å². The molecule has 0 radical (unpaired) electrons. The third-order valence-corrected chi connectivity index (χ3v) is 3.97. The summed E-state index contributed by atoms with van der Waals surface area (Å²) >= 11 is 0. The van der Waals surface area contributed by atoms with Crippen molar-refractivity contribution in [3.63, 3.8) is 0 Å². The quantitative estimate of drug-likeness (QED) is 0.660. The highest BCUT2D eigenvalue weighted by atomic mass is 19.4. The number of alkyl halides is 3. The van der Waals surface area contributed by atoms with E-state index in [1.54, 1.807) is 0 Å². The second kappa shape index (κ2) is 5.88. The number of nitrogens with zero attached hydrogens (tertiary/aromatic N) is 1. The minimum Gasteiger partial charge on any atom is -0.344 e. The Balaban J connectivity index is 2.54. The summed E-state index contributed by atoms with van der Waals surface area (Å²) in [5, 5.41) is 13.3. The van der Waals surface area contributed by atoms with Crippen molar-refractivity contribution < 1.29 is 27.7 Å². The van der Waals surface area contributed by atoms with Gasteiger partial charge in [0.2, 0.25) is 5.91 Å². The number of nitro benzene ring substituents is 1. The molecule has 9 heteroatoms. The molecular formula is C15H15F3N2O4. The van der Waals surface area contributed by atoms with Gasteiger partial charge in [-0.25, -0.2) is 0 Å². The third kappa shape index (κ3) is 3.39. The van der Waals surface area contributed by atoms with Crippen molar-refractivity contribution in [1.82, 2.24) is 5.32 Å². The van der Waals surface area contributed by atoms with E-state index in [-0.39, 0.29) is 24.3 Å². The highest BCUT2D eigenvalue weighted by Crippen LogP contribution is 2.39. The maximum absolute atomic E-state index is 13.1. The van der Waals surface area contributed by atoms with E-state index >= 15 is 0 Å². The van der Waals surface area contributed by atoms with Crippen molar-refractivity contribution >= 4 is 17.4 Å². The zero-order chi connectivity index (χ0) is 18.3. The molecule has 2 rings (SSSR count). The van der Waals surface area contributed by atoms with E-state index in [1.165, 1.54) is 13.8 Å². The molecule has 24 heavy (non-hydrogen) atoms. The lowest BCUT2D eigenvalue weighted by atomic mass is 9.82. The summed E-state index contributed by atoms with van der Waals surface area (Å²) in [6.07, 6.45) is -4.89. The number of rotatable bonds is 2. The van der Waals surface area contributed by atoms with E-state index in [9.17, 15) is 32.9 Å². The van der Waals surface area contributed by atoms with Gasteiger partial charge in [-0.1, -0.05) is 6.07 Å². The molecule has 1 fully saturated rings. The fourth-order valence-corrected chi connectivity index (χ4v) is 2.79. The van der Waals surface area contributed by atoms with Gasteiger partial charge in [0, 0.05) is 18.4 Å². The number of Topliss-reactive ketones (excluding diaryl/α,β-unsaturated/α-hetero) is 1. The molecule has 1 aromatic rings. The number of hydrogen-bond acceptors (Lipinski definition) is 4. The molecule has 1 unspecified atom stereocenters. The third-order valence-electron chi connectivity index (χ3n) is 3.97. The van der Waals surface area contributed by atoms with Crippen molar-refractivity contribution in [2.75, 3.05) is 0 Å². The first-order chi connectivity index (χ1) is 10.9. The molecule has 1 saturated heterocycles. The summed E-state index contributed by atoms with van der Waals surface area (Å²) in [4.78, 5) is 33.9. The zero-order valence-electron chi connectivity index (χ0n) is 12.9. The predicted octanol–water partition coefficient (Wildman–Crippen LogP) is 2.95. The van der Waals surface area contributed by atoms with Gasteiger partial charge in [0.25, 0.3) is 5.69 Å². The molecule has 1 atom stereocenters. The molecular weight excluding hydrogens is 329 g/mol. The highest BCUT2D eigenvalue weighted by molar-refractivity contribution is 5.98. The minimum absolute atomic E-state index is 0.0157. The van der Waals surface area contributed by atoms with Crippen molar-refractivity contribution in [2.24, 2.45) is 0 Å². The topological polar surface area (TPSA) is 89.3 Å². The van der Waals surface area contributed by atoms with Crippen LogP contribution in [-0.4, -0.2) is 22.2 Å². The second-order valence-corrected chi connectivity index (χ2v) is 6.16. The number of ketones is 1. The molecule has 0 bridgehead atoms. The summed E-state index contributed by atoms with van der Waals surface area (Å²) in [7, 11) is 0. The number of carbonyl (C=O) groups is 2. The van der Waals surface area contributed by atoms with E-state index < -0.39 is 39.6 Å². The molecule has 1 aromatic carbocycles. The molecule has 1 N–H and O–H groups in total. The molecule has 6 nitrogen and oxygen atoms in total. The van der Waals surface area contributed by atoms with E-state index in [4.69, 9.17) is 0 Å². The monoisotopic (exact) mass is 344 g/mol. The van der Waals surface area contributed by atoms with Crippen LogP contribution in [0.3, 0.4) is 0 Å². The lowest BCUT2D eigenvalue weighted by Crippen LogP contribution is -2.49. The summed E-state index contributed by atoms with van der Waals surface area (Å²) in [6.45, 7) is 2.95. The molecule has 0 aromatic heterocycles. The largest absolute Gasteiger partial charge is 0.423 e.